The second-order valence-corrected chi connectivity index (χ2v) is 9.86. The van der Waals surface area contributed by atoms with Gasteiger partial charge in [0.2, 0.25) is 0 Å². The molecule has 2 unspecified atom stereocenters. The van der Waals surface area contributed by atoms with Gasteiger partial charge in [0.25, 0.3) is 0 Å². The number of aromatic nitrogens is 1. The highest BCUT2D eigenvalue weighted by atomic mass is 16.5. The normalized spacial score (nSPS) is 18.6. The lowest BCUT2D eigenvalue weighted by Gasteiger charge is -2.24. The predicted molar refractivity (Wildman–Crippen MR) is 137 cm³/mol. The Kier molecular flexibility index (Phi) is 9.37. The monoisotopic (exact) mass is 481 g/mol. The van der Waals surface area contributed by atoms with Crippen LogP contribution in [-0.2, 0) is 22.4 Å². The second-order valence-electron chi connectivity index (χ2n) is 9.86. The van der Waals surface area contributed by atoms with Crippen molar-refractivity contribution in [3.63, 3.8) is 0 Å². The number of aryl methyl sites for hydroxylation is 2. The molecule has 190 valence electrons. The highest BCUT2D eigenvalue weighted by Gasteiger charge is 2.27. The smallest absolute Gasteiger partial charge is 0.304 e. The summed E-state index contributed by atoms with van der Waals surface area (Å²) in [6, 6.07) is 12.3. The molecule has 2 atom stereocenters. The number of carbonyl (C=O) groups is 1. The molecule has 1 aromatic carbocycles. The number of hydrogen-bond donors (Lipinski definition) is 2. The predicted octanol–water partition coefficient (Wildman–Crippen LogP) is 4.37. The van der Waals surface area contributed by atoms with Crippen molar-refractivity contribution in [2.75, 3.05) is 51.8 Å². The standard InChI is InChI=1S/C28H39N3O4/c1-34-15-4-16-35-26-7-2-5-23(17-26)24(18-27(32)33)20-31-14-12-21(19-31)8-10-25-11-9-22-6-3-13-29-28(22)30-25/h2,5,7,9,11,17,21,24H,3-4,6,8,10,12-16,18-20H2,1H3,(H,29,30)(H,32,33). The minimum Gasteiger partial charge on any atom is -0.493 e. The van der Waals surface area contributed by atoms with Gasteiger partial charge in [-0.3, -0.25) is 4.79 Å². The van der Waals surface area contributed by atoms with Crippen molar-refractivity contribution in [2.45, 2.75) is 50.9 Å². The van der Waals surface area contributed by atoms with Gasteiger partial charge in [-0.25, -0.2) is 4.98 Å². The van der Waals surface area contributed by atoms with Gasteiger partial charge in [-0.15, -0.1) is 0 Å². The first-order chi connectivity index (χ1) is 17.1. The zero-order chi connectivity index (χ0) is 24.5. The average Bonchev–Trinajstić information content (AvgIpc) is 3.32. The molecular formula is C28H39N3O4. The van der Waals surface area contributed by atoms with E-state index in [0.717, 1.165) is 75.4 Å². The number of rotatable bonds is 13. The molecule has 2 aliphatic heterocycles. The molecule has 2 aliphatic rings. The molecule has 1 aromatic heterocycles. The number of nitrogens with one attached hydrogen (secondary N) is 1. The molecule has 3 heterocycles. The molecule has 2 aromatic rings. The van der Waals surface area contributed by atoms with Gasteiger partial charge < -0.3 is 24.8 Å². The molecule has 1 fully saturated rings. The van der Waals surface area contributed by atoms with Crippen molar-refractivity contribution >= 4 is 11.8 Å². The van der Waals surface area contributed by atoms with E-state index in [0.29, 0.717) is 19.1 Å². The summed E-state index contributed by atoms with van der Waals surface area (Å²) in [6.45, 7) is 5.07. The Balaban J connectivity index is 1.30. The maximum Gasteiger partial charge on any atom is 0.304 e. The maximum atomic E-state index is 11.6. The van der Waals surface area contributed by atoms with Gasteiger partial charge in [0.1, 0.15) is 11.6 Å². The van der Waals surface area contributed by atoms with Crippen LogP contribution in [0, 0.1) is 5.92 Å². The van der Waals surface area contributed by atoms with Crippen molar-refractivity contribution in [3.05, 3.63) is 53.2 Å². The summed E-state index contributed by atoms with van der Waals surface area (Å²) in [5.41, 5.74) is 3.54. The van der Waals surface area contributed by atoms with E-state index in [-0.39, 0.29) is 12.3 Å². The van der Waals surface area contributed by atoms with E-state index in [4.69, 9.17) is 14.5 Å². The summed E-state index contributed by atoms with van der Waals surface area (Å²) in [5.74, 6) is 1.68. The van der Waals surface area contributed by atoms with Crippen LogP contribution in [0.25, 0.3) is 0 Å². The number of anilines is 1. The van der Waals surface area contributed by atoms with E-state index in [2.05, 4.69) is 22.3 Å². The average molecular weight is 482 g/mol. The Bertz CT molecular complexity index is 967. The van der Waals surface area contributed by atoms with Crippen molar-refractivity contribution in [1.82, 2.24) is 9.88 Å². The number of methoxy groups -OCH3 is 1. The largest absolute Gasteiger partial charge is 0.493 e. The van der Waals surface area contributed by atoms with Gasteiger partial charge in [-0.1, -0.05) is 18.2 Å². The lowest BCUT2D eigenvalue weighted by Crippen LogP contribution is -2.28. The molecule has 0 bridgehead atoms. The van der Waals surface area contributed by atoms with Crippen molar-refractivity contribution < 1.29 is 19.4 Å². The molecule has 4 rings (SSSR count). The number of carboxylic acid groups (broad SMARTS) is 1. The Labute approximate surface area is 208 Å². The summed E-state index contributed by atoms with van der Waals surface area (Å²) < 4.78 is 10.9. The number of ether oxygens (including phenoxy) is 2. The third-order valence-electron chi connectivity index (χ3n) is 7.12. The number of likely N-dealkylation sites (tertiary alicyclic amines) is 1. The molecule has 0 saturated carbocycles. The topological polar surface area (TPSA) is 83.9 Å². The summed E-state index contributed by atoms with van der Waals surface area (Å²) in [4.78, 5) is 18.9. The van der Waals surface area contributed by atoms with Crippen LogP contribution in [0.3, 0.4) is 0 Å². The number of benzene rings is 1. The van der Waals surface area contributed by atoms with Crippen molar-refractivity contribution in [2.24, 2.45) is 5.92 Å². The van der Waals surface area contributed by atoms with E-state index < -0.39 is 5.97 Å². The van der Waals surface area contributed by atoms with E-state index in [1.807, 2.05) is 24.3 Å². The summed E-state index contributed by atoms with van der Waals surface area (Å²) in [6.07, 6.45) is 6.52. The molecule has 0 amide bonds. The van der Waals surface area contributed by atoms with Gasteiger partial charge >= 0.3 is 5.97 Å². The SMILES string of the molecule is COCCCOc1cccc(C(CC(=O)O)CN2CCC(CCc3ccc4c(n3)NCCC4)C2)c1. The van der Waals surface area contributed by atoms with Crippen LogP contribution in [-0.4, -0.2) is 67.5 Å². The fraction of sp³-hybridized carbons (Fsp3) is 0.571. The highest BCUT2D eigenvalue weighted by molar-refractivity contribution is 5.68. The zero-order valence-electron chi connectivity index (χ0n) is 20.9. The molecular weight excluding hydrogens is 442 g/mol. The van der Waals surface area contributed by atoms with Crippen LogP contribution in [0.2, 0.25) is 0 Å². The van der Waals surface area contributed by atoms with Crippen LogP contribution in [0.4, 0.5) is 5.82 Å². The molecule has 0 radical (unpaired) electrons. The molecule has 7 nitrogen and oxygen atoms in total. The fourth-order valence-corrected chi connectivity index (χ4v) is 5.24. The van der Waals surface area contributed by atoms with E-state index in [9.17, 15) is 9.90 Å². The highest BCUT2D eigenvalue weighted by Crippen LogP contribution is 2.29. The fourth-order valence-electron chi connectivity index (χ4n) is 5.24. The van der Waals surface area contributed by atoms with Crippen LogP contribution >= 0.6 is 0 Å². The van der Waals surface area contributed by atoms with E-state index >= 15 is 0 Å². The lowest BCUT2D eigenvalue weighted by molar-refractivity contribution is -0.137. The van der Waals surface area contributed by atoms with Gasteiger partial charge in [0.15, 0.2) is 0 Å². The van der Waals surface area contributed by atoms with E-state index in [1.54, 1.807) is 7.11 Å². The number of aliphatic carboxylic acids is 1. The van der Waals surface area contributed by atoms with Gasteiger partial charge in [0.05, 0.1) is 13.0 Å². The van der Waals surface area contributed by atoms with Crippen LogP contribution in [0.1, 0.15) is 54.8 Å². The molecule has 1 saturated heterocycles. The molecule has 7 heteroatoms. The van der Waals surface area contributed by atoms with Crippen LogP contribution in [0.5, 0.6) is 5.75 Å². The molecule has 0 aliphatic carbocycles. The first kappa shape index (κ1) is 25.5. The minimum atomic E-state index is -0.760. The summed E-state index contributed by atoms with van der Waals surface area (Å²) in [5, 5.41) is 13.0. The Morgan fingerprint density at radius 1 is 1.29 bits per heavy atom. The lowest BCUT2D eigenvalue weighted by atomic mass is 9.94. The van der Waals surface area contributed by atoms with Crippen LogP contribution in [0.15, 0.2) is 36.4 Å². The third kappa shape index (κ3) is 7.67. The second kappa shape index (κ2) is 12.9. The first-order valence-corrected chi connectivity index (χ1v) is 13.0. The first-order valence-electron chi connectivity index (χ1n) is 13.0. The minimum absolute atomic E-state index is 0.0536. The number of pyridine rings is 1. The molecule has 35 heavy (non-hydrogen) atoms. The molecule has 2 N–H and O–H groups in total. The molecule has 0 spiro atoms. The summed E-state index contributed by atoms with van der Waals surface area (Å²) >= 11 is 0. The van der Waals surface area contributed by atoms with Gasteiger partial charge in [-0.2, -0.15) is 0 Å². The quantitative estimate of drug-likeness (QED) is 0.411. The van der Waals surface area contributed by atoms with Gasteiger partial charge in [-0.05, 0) is 73.9 Å². The van der Waals surface area contributed by atoms with E-state index in [1.165, 1.54) is 17.7 Å². The van der Waals surface area contributed by atoms with Gasteiger partial charge in [0, 0.05) is 51.4 Å². The Morgan fingerprint density at radius 2 is 2.20 bits per heavy atom. The number of hydrogen-bond acceptors (Lipinski definition) is 6. The summed E-state index contributed by atoms with van der Waals surface area (Å²) in [7, 11) is 1.68. The Morgan fingerprint density at radius 3 is 3.06 bits per heavy atom. The number of fused-ring (bicyclic) bond motifs is 1. The van der Waals surface area contributed by atoms with Crippen LogP contribution < -0.4 is 10.1 Å². The maximum absolute atomic E-state index is 11.6. The zero-order valence-corrected chi connectivity index (χ0v) is 20.9. The van der Waals surface area contributed by atoms with Crippen molar-refractivity contribution in [3.8, 4) is 5.75 Å². The number of nitrogens with zero attached hydrogens (tertiary/aromatic N) is 2. The third-order valence-corrected chi connectivity index (χ3v) is 7.12. The number of carboxylic acids is 1. The van der Waals surface area contributed by atoms with Crippen molar-refractivity contribution in [1.29, 1.82) is 0 Å². The Hall–Kier alpha value is -2.64.